The molecule has 1 aromatic heterocycles. The van der Waals surface area contributed by atoms with Crippen LogP contribution in [0.1, 0.15) is 21.5 Å². The maximum absolute atomic E-state index is 12.3. The first kappa shape index (κ1) is 10.2. The second-order valence-electron chi connectivity index (χ2n) is 4.47. The minimum atomic E-state index is 0.106. The molecule has 0 saturated carbocycles. The van der Waals surface area contributed by atoms with Gasteiger partial charge in [-0.25, -0.2) is 0 Å². The number of carbonyl (C=O) groups is 1. The van der Waals surface area contributed by atoms with Crippen molar-refractivity contribution in [1.82, 2.24) is 4.98 Å². The SMILES string of the molecule is O=C(c1ccncc1)C1Cc2ccccc2C1. The van der Waals surface area contributed by atoms with Crippen LogP contribution in [0.4, 0.5) is 0 Å². The second kappa shape index (κ2) is 4.13. The highest BCUT2D eigenvalue weighted by Crippen LogP contribution is 2.28. The van der Waals surface area contributed by atoms with E-state index in [1.54, 1.807) is 24.5 Å². The van der Waals surface area contributed by atoms with Crippen LogP contribution in [0, 0.1) is 5.92 Å². The zero-order valence-corrected chi connectivity index (χ0v) is 9.47. The van der Waals surface area contributed by atoms with Gasteiger partial charge in [-0.05, 0) is 36.1 Å². The average molecular weight is 223 g/mol. The van der Waals surface area contributed by atoms with Gasteiger partial charge in [0.25, 0.3) is 0 Å². The van der Waals surface area contributed by atoms with Crippen molar-refractivity contribution in [3.05, 3.63) is 65.5 Å². The second-order valence-corrected chi connectivity index (χ2v) is 4.47. The molecule has 0 amide bonds. The Balaban J connectivity index is 1.84. The molecule has 2 aromatic rings. The minimum absolute atomic E-state index is 0.106. The molecule has 3 rings (SSSR count). The van der Waals surface area contributed by atoms with Crippen molar-refractivity contribution in [1.29, 1.82) is 0 Å². The Kier molecular flexibility index (Phi) is 2.48. The summed E-state index contributed by atoms with van der Waals surface area (Å²) >= 11 is 0. The van der Waals surface area contributed by atoms with Crippen LogP contribution in [0.25, 0.3) is 0 Å². The predicted molar refractivity (Wildman–Crippen MR) is 65.9 cm³/mol. The molecular weight excluding hydrogens is 210 g/mol. The number of hydrogen-bond acceptors (Lipinski definition) is 2. The fourth-order valence-corrected chi connectivity index (χ4v) is 2.50. The summed E-state index contributed by atoms with van der Waals surface area (Å²) in [4.78, 5) is 16.2. The van der Waals surface area contributed by atoms with Gasteiger partial charge in [0.1, 0.15) is 0 Å². The number of Topliss-reactive ketones (excluding diaryl/α,β-unsaturated/α-hetero) is 1. The first-order valence-electron chi connectivity index (χ1n) is 5.85. The molecule has 0 fully saturated rings. The van der Waals surface area contributed by atoms with Crippen LogP contribution in [0.15, 0.2) is 48.8 Å². The van der Waals surface area contributed by atoms with Gasteiger partial charge in [-0.2, -0.15) is 0 Å². The molecule has 0 saturated heterocycles. The third-order valence-corrected chi connectivity index (χ3v) is 3.39. The number of hydrogen-bond donors (Lipinski definition) is 0. The molecule has 1 aromatic carbocycles. The van der Waals surface area contributed by atoms with E-state index in [0.717, 1.165) is 18.4 Å². The number of fused-ring (bicyclic) bond motifs is 1. The molecule has 2 nitrogen and oxygen atoms in total. The topological polar surface area (TPSA) is 30.0 Å². The molecule has 0 atom stereocenters. The number of benzene rings is 1. The smallest absolute Gasteiger partial charge is 0.166 e. The van der Waals surface area contributed by atoms with Crippen LogP contribution in [0.3, 0.4) is 0 Å². The molecule has 0 radical (unpaired) electrons. The van der Waals surface area contributed by atoms with Crippen LogP contribution in [-0.2, 0) is 12.8 Å². The van der Waals surface area contributed by atoms with Gasteiger partial charge in [-0.1, -0.05) is 24.3 Å². The van der Waals surface area contributed by atoms with Gasteiger partial charge in [0.05, 0.1) is 0 Å². The fraction of sp³-hybridized carbons (Fsp3) is 0.200. The summed E-state index contributed by atoms with van der Waals surface area (Å²) in [5.41, 5.74) is 3.41. The highest BCUT2D eigenvalue weighted by atomic mass is 16.1. The van der Waals surface area contributed by atoms with Gasteiger partial charge in [-0.3, -0.25) is 9.78 Å². The maximum Gasteiger partial charge on any atom is 0.166 e. The van der Waals surface area contributed by atoms with E-state index in [4.69, 9.17) is 0 Å². The Morgan fingerprint density at radius 3 is 2.18 bits per heavy atom. The molecule has 0 N–H and O–H groups in total. The van der Waals surface area contributed by atoms with Crippen molar-refractivity contribution in [2.45, 2.75) is 12.8 Å². The lowest BCUT2D eigenvalue weighted by Crippen LogP contribution is -2.14. The summed E-state index contributed by atoms with van der Waals surface area (Å²) in [6, 6.07) is 11.9. The molecule has 17 heavy (non-hydrogen) atoms. The van der Waals surface area contributed by atoms with E-state index in [0.29, 0.717) is 0 Å². The van der Waals surface area contributed by atoms with Gasteiger partial charge in [-0.15, -0.1) is 0 Å². The van der Waals surface area contributed by atoms with E-state index in [1.807, 2.05) is 12.1 Å². The molecule has 84 valence electrons. The highest BCUT2D eigenvalue weighted by Gasteiger charge is 2.27. The number of ketones is 1. The average Bonchev–Trinajstić information content (AvgIpc) is 2.82. The summed E-state index contributed by atoms with van der Waals surface area (Å²) in [5.74, 6) is 0.346. The molecule has 0 unspecified atom stereocenters. The summed E-state index contributed by atoms with van der Waals surface area (Å²) in [7, 11) is 0. The van der Waals surface area contributed by atoms with E-state index < -0.39 is 0 Å². The summed E-state index contributed by atoms with van der Waals surface area (Å²) in [6.45, 7) is 0. The van der Waals surface area contributed by atoms with Crippen molar-refractivity contribution >= 4 is 5.78 Å². The molecule has 2 heteroatoms. The minimum Gasteiger partial charge on any atom is -0.294 e. The summed E-state index contributed by atoms with van der Waals surface area (Å²) in [6.07, 6.45) is 5.10. The standard InChI is InChI=1S/C15H13NO/c17-15(11-5-7-16-8-6-11)14-9-12-3-1-2-4-13(12)10-14/h1-8,14H,9-10H2. The number of aromatic nitrogens is 1. The van der Waals surface area contributed by atoms with Crippen LogP contribution in [0.2, 0.25) is 0 Å². The largest absolute Gasteiger partial charge is 0.294 e. The first-order valence-corrected chi connectivity index (χ1v) is 5.85. The Morgan fingerprint density at radius 1 is 1.00 bits per heavy atom. The van der Waals surface area contributed by atoms with E-state index >= 15 is 0 Å². The van der Waals surface area contributed by atoms with Crippen molar-refractivity contribution in [2.75, 3.05) is 0 Å². The first-order chi connectivity index (χ1) is 8.34. The van der Waals surface area contributed by atoms with Crippen LogP contribution in [0.5, 0.6) is 0 Å². The number of pyridine rings is 1. The van der Waals surface area contributed by atoms with Gasteiger partial charge < -0.3 is 0 Å². The van der Waals surface area contributed by atoms with Gasteiger partial charge in [0.15, 0.2) is 5.78 Å². The number of carbonyl (C=O) groups excluding carboxylic acids is 1. The van der Waals surface area contributed by atoms with Crippen molar-refractivity contribution in [2.24, 2.45) is 5.92 Å². The Labute approximate surface area is 100 Å². The molecule has 1 aliphatic rings. The van der Waals surface area contributed by atoms with E-state index in [2.05, 4.69) is 17.1 Å². The van der Waals surface area contributed by atoms with E-state index in [1.165, 1.54) is 11.1 Å². The zero-order valence-electron chi connectivity index (χ0n) is 9.47. The molecule has 1 heterocycles. The zero-order chi connectivity index (χ0) is 11.7. The number of rotatable bonds is 2. The predicted octanol–water partition coefficient (Wildman–Crippen LogP) is 2.68. The molecular formula is C15H13NO. The lowest BCUT2D eigenvalue weighted by Gasteiger charge is -2.07. The maximum atomic E-state index is 12.3. The monoisotopic (exact) mass is 223 g/mol. The van der Waals surface area contributed by atoms with Crippen LogP contribution in [-0.4, -0.2) is 10.8 Å². The molecule has 0 bridgehead atoms. The van der Waals surface area contributed by atoms with Gasteiger partial charge >= 0.3 is 0 Å². The van der Waals surface area contributed by atoms with Crippen molar-refractivity contribution < 1.29 is 4.79 Å². The Morgan fingerprint density at radius 2 is 1.59 bits per heavy atom. The van der Waals surface area contributed by atoms with Crippen LogP contribution >= 0.6 is 0 Å². The molecule has 0 aliphatic heterocycles. The third-order valence-electron chi connectivity index (χ3n) is 3.39. The van der Waals surface area contributed by atoms with E-state index in [-0.39, 0.29) is 11.7 Å². The third kappa shape index (κ3) is 1.86. The molecule has 0 spiro atoms. The van der Waals surface area contributed by atoms with Crippen molar-refractivity contribution in [3.63, 3.8) is 0 Å². The Bertz CT molecular complexity index is 523. The highest BCUT2D eigenvalue weighted by molar-refractivity contribution is 5.98. The summed E-state index contributed by atoms with van der Waals surface area (Å²) < 4.78 is 0. The lowest BCUT2D eigenvalue weighted by molar-refractivity contribution is 0.0924. The van der Waals surface area contributed by atoms with Crippen molar-refractivity contribution in [3.8, 4) is 0 Å². The summed E-state index contributed by atoms with van der Waals surface area (Å²) in [5, 5.41) is 0. The normalized spacial score (nSPS) is 14.6. The van der Waals surface area contributed by atoms with Gasteiger partial charge in [0.2, 0.25) is 0 Å². The van der Waals surface area contributed by atoms with E-state index in [9.17, 15) is 4.79 Å². The quantitative estimate of drug-likeness (QED) is 0.733. The Hall–Kier alpha value is -1.96. The molecule has 1 aliphatic carbocycles. The number of nitrogens with zero attached hydrogens (tertiary/aromatic N) is 1. The lowest BCUT2D eigenvalue weighted by atomic mass is 9.96. The fourth-order valence-electron chi connectivity index (χ4n) is 2.50. The van der Waals surface area contributed by atoms with Crippen LogP contribution < -0.4 is 0 Å². The van der Waals surface area contributed by atoms with Gasteiger partial charge in [0, 0.05) is 23.9 Å².